The quantitative estimate of drug-likeness (QED) is 0.874. The van der Waals surface area contributed by atoms with Crippen molar-refractivity contribution in [2.24, 2.45) is 0 Å². The maximum absolute atomic E-state index is 13.2. The van der Waals surface area contributed by atoms with E-state index in [1.165, 1.54) is 24.3 Å². The summed E-state index contributed by atoms with van der Waals surface area (Å²) in [4.78, 5) is 24.2. The molecule has 0 fully saturated rings. The van der Waals surface area contributed by atoms with Crippen LogP contribution in [0.5, 0.6) is 0 Å². The van der Waals surface area contributed by atoms with Crippen LogP contribution in [0.1, 0.15) is 27.0 Å². The summed E-state index contributed by atoms with van der Waals surface area (Å²) in [7, 11) is 0. The van der Waals surface area contributed by atoms with Crippen LogP contribution >= 0.6 is 11.3 Å². The minimum absolute atomic E-state index is 0.00907. The Hall–Kier alpha value is -2.35. The maximum Gasteiger partial charge on any atom is 0.418 e. The van der Waals surface area contributed by atoms with Gasteiger partial charge in [0.2, 0.25) is 5.91 Å². The van der Waals surface area contributed by atoms with Crippen molar-refractivity contribution in [1.29, 1.82) is 0 Å². The van der Waals surface area contributed by atoms with E-state index in [2.05, 4.69) is 10.6 Å². The van der Waals surface area contributed by atoms with Crippen molar-refractivity contribution in [1.82, 2.24) is 0 Å². The van der Waals surface area contributed by atoms with E-state index in [1.807, 2.05) is 0 Å². The average Bonchev–Trinajstić information content (AvgIpc) is 2.85. The molecule has 0 atom stereocenters. The maximum atomic E-state index is 13.2. The average molecular weight is 342 g/mol. The second-order valence-corrected chi connectivity index (χ2v) is 6.09. The normalized spacial score (nSPS) is 11.2. The van der Waals surface area contributed by atoms with Gasteiger partial charge in [-0.1, -0.05) is 0 Å². The van der Waals surface area contributed by atoms with Gasteiger partial charge in [0, 0.05) is 17.5 Å². The number of amides is 2. The number of nitrogens with one attached hydrogen (secondary N) is 2. The summed E-state index contributed by atoms with van der Waals surface area (Å²) in [5, 5.41) is 4.55. The monoisotopic (exact) mass is 342 g/mol. The number of aryl methyl sites for hydroxylation is 1. The molecule has 0 aliphatic rings. The lowest BCUT2D eigenvalue weighted by atomic mass is 10.1. The highest BCUT2D eigenvalue weighted by Gasteiger charge is 2.34. The van der Waals surface area contributed by atoms with Crippen molar-refractivity contribution in [2.75, 3.05) is 10.6 Å². The van der Waals surface area contributed by atoms with Crippen molar-refractivity contribution in [2.45, 2.75) is 20.0 Å². The van der Waals surface area contributed by atoms with Crippen LogP contribution in [-0.2, 0) is 11.0 Å². The van der Waals surface area contributed by atoms with Crippen molar-refractivity contribution < 1.29 is 22.8 Å². The van der Waals surface area contributed by atoms with Gasteiger partial charge >= 0.3 is 6.18 Å². The molecule has 1 aromatic heterocycles. The van der Waals surface area contributed by atoms with Crippen LogP contribution in [0, 0.1) is 6.92 Å². The van der Waals surface area contributed by atoms with E-state index in [0.717, 1.165) is 17.0 Å². The van der Waals surface area contributed by atoms with E-state index >= 15 is 0 Å². The molecule has 0 saturated heterocycles. The van der Waals surface area contributed by atoms with E-state index in [-0.39, 0.29) is 11.4 Å². The van der Waals surface area contributed by atoms with Gasteiger partial charge in [-0.2, -0.15) is 13.2 Å². The van der Waals surface area contributed by atoms with Gasteiger partial charge in [0.25, 0.3) is 5.91 Å². The Kier molecular flexibility index (Phi) is 4.74. The molecular formula is C15H13F3N2O2S. The predicted octanol–water partition coefficient (Wildman–Crippen LogP) is 4.29. The van der Waals surface area contributed by atoms with Crippen molar-refractivity contribution in [3.8, 4) is 0 Å². The second-order valence-electron chi connectivity index (χ2n) is 4.80. The highest BCUT2D eigenvalue weighted by Crippen LogP contribution is 2.37. The molecule has 2 aromatic rings. The van der Waals surface area contributed by atoms with Crippen LogP contribution in [0.25, 0.3) is 0 Å². The van der Waals surface area contributed by atoms with E-state index in [9.17, 15) is 22.8 Å². The topological polar surface area (TPSA) is 58.2 Å². The Morgan fingerprint density at radius 1 is 1.09 bits per heavy atom. The molecular weight excluding hydrogens is 329 g/mol. The first kappa shape index (κ1) is 17.0. The number of alkyl halides is 3. The zero-order chi connectivity index (χ0) is 17.2. The fourth-order valence-electron chi connectivity index (χ4n) is 1.91. The number of rotatable bonds is 3. The molecule has 0 aliphatic heterocycles. The SMILES string of the molecule is CC(=O)Nc1ccc(NC(=O)c2ccc(C)s2)c(C(F)(F)F)c1. The Labute approximate surface area is 134 Å². The molecule has 1 heterocycles. The molecule has 8 heteroatoms. The zero-order valence-electron chi connectivity index (χ0n) is 12.2. The standard InChI is InChI=1S/C15H13F3N2O2S/c1-8-3-6-13(23-8)14(22)20-12-5-4-10(19-9(2)21)7-11(12)15(16,17)18/h3-7H,1-2H3,(H,19,21)(H,20,22). The molecule has 23 heavy (non-hydrogen) atoms. The first-order valence-electron chi connectivity index (χ1n) is 6.53. The van der Waals surface area contributed by atoms with E-state index in [0.29, 0.717) is 4.88 Å². The number of hydrogen-bond donors (Lipinski definition) is 2. The van der Waals surface area contributed by atoms with Crippen LogP contribution in [-0.4, -0.2) is 11.8 Å². The summed E-state index contributed by atoms with van der Waals surface area (Å²) in [6.07, 6.45) is -4.66. The fraction of sp³-hybridized carbons (Fsp3) is 0.200. The molecule has 0 spiro atoms. The Bertz CT molecular complexity index is 753. The number of thiophene rings is 1. The van der Waals surface area contributed by atoms with Gasteiger partial charge in [-0.05, 0) is 37.3 Å². The number of anilines is 2. The van der Waals surface area contributed by atoms with Gasteiger partial charge in [-0.15, -0.1) is 11.3 Å². The minimum atomic E-state index is -4.66. The minimum Gasteiger partial charge on any atom is -0.326 e. The fourth-order valence-corrected chi connectivity index (χ4v) is 2.67. The summed E-state index contributed by atoms with van der Waals surface area (Å²) < 4.78 is 39.5. The molecule has 0 unspecified atom stereocenters. The Morgan fingerprint density at radius 2 is 1.78 bits per heavy atom. The molecule has 0 saturated carbocycles. The van der Waals surface area contributed by atoms with Crippen LogP contribution in [0.4, 0.5) is 24.5 Å². The van der Waals surface area contributed by atoms with E-state index < -0.39 is 23.6 Å². The number of halogens is 3. The summed E-state index contributed by atoms with van der Waals surface area (Å²) in [6, 6.07) is 6.47. The molecule has 2 amide bonds. The summed E-state index contributed by atoms with van der Waals surface area (Å²) in [5.74, 6) is -1.09. The number of carbonyl (C=O) groups excluding carboxylic acids is 2. The largest absolute Gasteiger partial charge is 0.418 e. The van der Waals surface area contributed by atoms with Crippen LogP contribution in [0.3, 0.4) is 0 Å². The molecule has 122 valence electrons. The van der Waals surface area contributed by atoms with E-state index in [1.54, 1.807) is 19.1 Å². The Morgan fingerprint density at radius 3 is 2.30 bits per heavy atom. The molecule has 0 bridgehead atoms. The zero-order valence-corrected chi connectivity index (χ0v) is 13.1. The number of carbonyl (C=O) groups is 2. The molecule has 0 aliphatic carbocycles. The summed E-state index contributed by atoms with van der Waals surface area (Å²) in [5.41, 5.74) is -1.37. The number of hydrogen-bond acceptors (Lipinski definition) is 3. The third-order valence-electron chi connectivity index (χ3n) is 2.86. The second kappa shape index (κ2) is 6.41. The lowest BCUT2D eigenvalue weighted by Gasteiger charge is -2.15. The van der Waals surface area contributed by atoms with Gasteiger partial charge in [0.05, 0.1) is 16.1 Å². The van der Waals surface area contributed by atoms with E-state index in [4.69, 9.17) is 0 Å². The number of benzene rings is 1. The first-order valence-corrected chi connectivity index (χ1v) is 7.35. The molecule has 4 nitrogen and oxygen atoms in total. The van der Waals surface area contributed by atoms with Crippen LogP contribution in [0.2, 0.25) is 0 Å². The molecule has 2 N–H and O–H groups in total. The molecule has 2 rings (SSSR count). The third kappa shape index (κ3) is 4.32. The van der Waals surface area contributed by atoms with Gasteiger partial charge < -0.3 is 10.6 Å². The van der Waals surface area contributed by atoms with Crippen LogP contribution < -0.4 is 10.6 Å². The highest BCUT2D eigenvalue weighted by molar-refractivity contribution is 7.14. The van der Waals surface area contributed by atoms with Crippen molar-refractivity contribution >= 4 is 34.5 Å². The van der Waals surface area contributed by atoms with Gasteiger partial charge in [-0.3, -0.25) is 9.59 Å². The first-order chi connectivity index (χ1) is 10.7. The van der Waals surface area contributed by atoms with Crippen molar-refractivity contribution in [3.05, 3.63) is 45.6 Å². The van der Waals surface area contributed by atoms with Crippen molar-refractivity contribution in [3.63, 3.8) is 0 Å². The van der Waals surface area contributed by atoms with Crippen LogP contribution in [0.15, 0.2) is 30.3 Å². The summed E-state index contributed by atoms with van der Waals surface area (Å²) in [6.45, 7) is 2.99. The third-order valence-corrected chi connectivity index (χ3v) is 3.86. The predicted molar refractivity (Wildman–Crippen MR) is 82.8 cm³/mol. The molecule has 1 aromatic carbocycles. The molecule has 0 radical (unpaired) electrons. The van der Waals surface area contributed by atoms with Gasteiger partial charge in [0.1, 0.15) is 0 Å². The van der Waals surface area contributed by atoms with Gasteiger partial charge in [0.15, 0.2) is 0 Å². The lowest BCUT2D eigenvalue weighted by Crippen LogP contribution is -2.16. The lowest BCUT2D eigenvalue weighted by molar-refractivity contribution is -0.137. The smallest absolute Gasteiger partial charge is 0.326 e. The highest BCUT2D eigenvalue weighted by atomic mass is 32.1. The Balaban J connectivity index is 2.33. The van der Waals surface area contributed by atoms with Gasteiger partial charge in [-0.25, -0.2) is 0 Å². The summed E-state index contributed by atoms with van der Waals surface area (Å²) >= 11 is 1.19.